The van der Waals surface area contributed by atoms with Crippen molar-refractivity contribution in [3.8, 4) is 0 Å². The van der Waals surface area contributed by atoms with Crippen molar-refractivity contribution < 1.29 is 4.79 Å². The molecule has 1 amide bonds. The van der Waals surface area contributed by atoms with Gasteiger partial charge in [0.25, 0.3) is 5.91 Å². The molecule has 1 heterocycles. The number of piperidine rings is 1. The Morgan fingerprint density at radius 1 is 1.38 bits per heavy atom. The maximum Gasteiger partial charge on any atom is 0.254 e. The van der Waals surface area contributed by atoms with E-state index in [1.165, 1.54) is 13.0 Å². The minimum Gasteiger partial charge on any atom is -0.399 e. The van der Waals surface area contributed by atoms with Gasteiger partial charge < -0.3 is 15.5 Å². The first-order valence-corrected chi connectivity index (χ1v) is 7.88. The molecule has 21 heavy (non-hydrogen) atoms. The minimum absolute atomic E-state index is 0.0914. The molecular formula is C17H27N3O. The smallest absolute Gasteiger partial charge is 0.254 e. The Labute approximate surface area is 127 Å². The van der Waals surface area contributed by atoms with Gasteiger partial charge in [-0.3, -0.25) is 4.79 Å². The molecule has 0 aliphatic carbocycles. The molecular weight excluding hydrogens is 262 g/mol. The first kappa shape index (κ1) is 15.8. The largest absolute Gasteiger partial charge is 0.399 e. The van der Waals surface area contributed by atoms with Crippen LogP contribution in [0.5, 0.6) is 0 Å². The number of amides is 1. The number of carbonyl (C=O) groups excluding carboxylic acids is 1. The standard InChI is InChI=1S/C17H27N3O/c1-4-9-20-10-7-15(8-11-20)19(3)17(21)16-12-14(18)6-5-13(16)2/h5-6,12,15H,4,7-11,18H2,1-3H3. The molecule has 1 aromatic carbocycles. The van der Waals surface area contributed by atoms with Gasteiger partial charge in [0.15, 0.2) is 0 Å². The molecule has 0 radical (unpaired) electrons. The molecule has 0 aromatic heterocycles. The summed E-state index contributed by atoms with van der Waals surface area (Å²) in [5.74, 6) is 0.0914. The number of nitrogens with zero attached hydrogens (tertiary/aromatic N) is 2. The minimum atomic E-state index is 0.0914. The Balaban J connectivity index is 2.01. The van der Waals surface area contributed by atoms with Gasteiger partial charge in [0, 0.05) is 37.4 Å². The van der Waals surface area contributed by atoms with Gasteiger partial charge in [-0.2, -0.15) is 0 Å². The summed E-state index contributed by atoms with van der Waals surface area (Å²) in [6.07, 6.45) is 3.31. The van der Waals surface area contributed by atoms with E-state index in [0.29, 0.717) is 11.7 Å². The average molecular weight is 289 g/mol. The number of carbonyl (C=O) groups is 1. The molecule has 1 aliphatic rings. The van der Waals surface area contributed by atoms with Crippen molar-refractivity contribution in [1.82, 2.24) is 9.80 Å². The Morgan fingerprint density at radius 2 is 2.05 bits per heavy atom. The van der Waals surface area contributed by atoms with Gasteiger partial charge in [-0.05, 0) is 50.4 Å². The van der Waals surface area contributed by atoms with Crippen LogP contribution < -0.4 is 5.73 Å². The maximum atomic E-state index is 12.7. The maximum absolute atomic E-state index is 12.7. The topological polar surface area (TPSA) is 49.6 Å². The van der Waals surface area contributed by atoms with Crippen LogP contribution in [0.25, 0.3) is 0 Å². The second kappa shape index (κ2) is 6.94. The highest BCUT2D eigenvalue weighted by Gasteiger charge is 2.26. The first-order chi connectivity index (χ1) is 10.0. The van der Waals surface area contributed by atoms with E-state index < -0.39 is 0 Å². The van der Waals surface area contributed by atoms with Crippen molar-refractivity contribution in [3.05, 3.63) is 29.3 Å². The number of benzene rings is 1. The highest BCUT2D eigenvalue weighted by Crippen LogP contribution is 2.20. The summed E-state index contributed by atoms with van der Waals surface area (Å²) >= 11 is 0. The summed E-state index contributed by atoms with van der Waals surface area (Å²) in [5.41, 5.74) is 8.19. The number of aryl methyl sites for hydroxylation is 1. The van der Waals surface area contributed by atoms with Crippen LogP contribution in [0.15, 0.2) is 18.2 Å². The van der Waals surface area contributed by atoms with E-state index >= 15 is 0 Å². The number of hydrogen-bond donors (Lipinski definition) is 1. The molecule has 1 aromatic rings. The lowest BCUT2D eigenvalue weighted by Crippen LogP contribution is -2.45. The van der Waals surface area contributed by atoms with Crippen molar-refractivity contribution >= 4 is 11.6 Å². The van der Waals surface area contributed by atoms with Crippen LogP contribution >= 0.6 is 0 Å². The highest BCUT2D eigenvalue weighted by molar-refractivity contribution is 5.96. The van der Waals surface area contributed by atoms with E-state index in [-0.39, 0.29) is 5.91 Å². The molecule has 2 N–H and O–H groups in total. The third kappa shape index (κ3) is 3.76. The van der Waals surface area contributed by atoms with Gasteiger partial charge in [0.2, 0.25) is 0 Å². The van der Waals surface area contributed by atoms with Gasteiger partial charge >= 0.3 is 0 Å². The van der Waals surface area contributed by atoms with Crippen LogP contribution in [0.3, 0.4) is 0 Å². The van der Waals surface area contributed by atoms with E-state index in [9.17, 15) is 4.79 Å². The van der Waals surface area contributed by atoms with Crippen LogP contribution in [0.2, 0.25) is 0 Å². The molecule has 0 atom stereocenters. The summed E-state index contributed by atoms with van der Waals surface area (Å²) in [6.45, 7) is 7.52. The third-order valence-electron chi connectivity index (χ3n) is 4.46. The second-order valence-corrected chi connectivity index (χ2v) is 6.06. The third-order valence-corrected chi connectivity index (χ3v) is 4.46. The average Bonchev–Trinajstić information content (AvgIpc) is 2.49. The number of nitrogens with two attached hydrogens (primary N) is 1. The Morgan fingerprint density at radius 3 is 2.67 bits per heavy atom. The quantitative estimate of drug-likeness (QED) is 0.867. The monoisotopic (exact) mass is 289 g/mol. The van der Waals surface area contributed by atoms with Crippen LogP contribution in [-0.4, -0.2) is 48.4 Å². The van der Waals surface area contributed by atoms with Crippen LogP contribution in [0, 0.1) is 6.92 Å². The predicted molar refractivity (Wildman–Crippen MR) is 87.4 cm³/mol. The molecule has 0 unspecified atom stereocenters. The van der Waals surface area contributed by atoms with Crippen LogP contribution in [-0.2, 0) is 0 Å². The van der Waals surface area contributed by atoms with Crippen molar-refractivity contribution in [2.24, 2.45) is 0 Å². The van der Waals surface area contributed by atoms with Crippen molar-refractivity contribution in [2.75, 3.05) is 32.4 Å². The van der Waals surface area contributed by atoms with Gasteiger partial charge in [0.1, 0.15) is 0 Å². The van der Waals surface area contributed by atoms with Gasteiger partial charge in [0.05, 0.1) is 0 Å². The zero-order valence-corrected chi connectivity index (χ0v) is 13.4. The molecule has 4 heteroatoms. The number of anilines is 1. The van der Waals surface area contributed by atoms with Gasteiger partial charge in [-0.25, -0.2) is 0 Å². The Hall–Kier alpha value is -1.55. The number of likely N-dealkylation sites (tertiary alicyclic amines) is 1. The van der Waals surface area contributed by atoms with E-state index in [2.05, 4.69) is 11.8 Å². The summed E-state index contributed by atoms with van der Waals surface area (Å²) in [6, 6.07) is 5.89. The lowest BCUT2D eigenvalue weighted by atomic mass is 10.0. The molecule has 2 rings (SSSR count). The van der Waals surface area contributed by atoms with Crippen LogP contribution in [0.4, 0.5) is 5.69 Å². The van der Waals surface area contributed by atoms with Crippen LogP contribution in [0.1, 0.15) is 42.1 Å². The number of hydrogen-bond acceptors (Lipinski definition) is 3. The van der Waals surface area contributed by atoms with Gasteiger partial charge in [-0.1, -0.05) is 13.0 Å². The lowest BCUT2D eigenvalue weighted by Gasteiger charge is -2.36. The van der Waals surface area contributed by atoms with Gasteiger partial charge in [-0.15, -0.1) is 0 Å². The number of nitrogen functional groups attached to an aromatic ring is 1. The second-order valence-electron chi connectivity index (χ2n) is 6.06. The van der Waals surface area contributed by atoms with E-state index in [0.717, 1.165) is 37.1 Å². The fourth-order valence-electron chi connectivity index (χ4n) is 3.07. The molecule has 0 bridgehead atoms. The highest BCUT2D eigenvalue weighted by atomic mass is 16.2. The Kier molecular flexibility index (Phi) is 5.23. The van der Waals surface area contributed by atoms with Crippen molar-refractivity contribution in [1.29, 1.82) is 0 Å². The van der Waals surface area contributed by atoms with E-state index in [1.54, 1.807) is 6.07 Å². The normalized spacial score (nSPS) is 16.9. The zero-order chi connectivity index (χ0) is 15.4. The molecule has 1 saturated heterocycles. The van der Waals surface area contributed by atoms with E-state index in [1.807, 2.05) is 31.0 Å². The summed E-state index contributed by atoms with van der Waals surface area (Å²) in [7, 11) is 1.92. The summed E-state index contributed by atoms with van der Waals surface area (Å²) in [4.78, 5) is 17.1. The molecule has 1 fully saturated rings. The first-order valence-electron chi connectivity index (χ1n) is 7.88. The SMILES string of the molecule is CCCN1CCC(N(C)C(=O)c2cc(N)ccc2C)CC1. The number of rotatable bonds is 4. The lowest BCUT2D eigenvalue weighted by molar-refractivity contribution is 0.0642. The molecule has 4 nitrogen and oxygen atoms in total. The van der Waals surface area contributed by atoms with Crippen molar-refractivity contribution in [2.45, 2.75) is 39.2 Å². The summed E-state index contributed by atoms with van der Waals surface area (Å²) in [5, 5.41) is 0. The molecule has 0 spiro atoms. The molecule has 1 aliphatic heterocycles. The van der Waals surface area contributed by atoms with E-state index in [4.69, 9.17) is 5.73 Å². The fourth-order valence-corrected chi connectivity index (χ4v) is 3.07. The van der Waals surface area contributed by atoms with Crippen molar-refractivity contribution in [3.63, 3.8) is 0 Å². The Bertz CT molecular complexity index is 493. The predicted octanol–water partition coefficient (Wildman–Crippen LogP) is 2.52. The zero-order valence-electron chi connectivity index (χ0n) is 13.4. The summed E-state index contributed by atoms with van der Waals surface area (Å²) < 4.78 is 0. The molecule has 116 valence electrons. The molecule has 0 saturated carbocycles. The fraction of sp³-hybridized carbons (Fsp3) is 0.588.